The van der Waals surface area contributed by atoms with Gasteiger partial charge in [-0.05, 0) is 24.1 Å². The van der Waals surface area contributed by atoms with Gasteiger partial charge in [-0.3, -0.25) is 4.57 Å². The molecule has 2 aliphatic heterocycles. The van der Waals surface area contributed by atoms with Gasteiger partial charge in [-0.2, -0.15) is 0 Å². The van der Waals surface area contributed by atoms with Crippen LogP contribution in [0.4, 0.5) is 10.3 Å². The smallest absolute Gasteiger partial charge is 0.227 e. The van der Waals surface area contributed by atoms with Crippen LogP contribution < -0.4 is 4.90 Å². The second-order valence-electron chi connectivity index (χ2n) is 7.74. The molecule has 2 unspecified atom stereocenters. The van der Waals surface area contributed by atoms with E-state index in [9.17, 15) is 4.39 Å². The summed E-state index contributed by atoms with van der Waals surface area (Å²) in [5.74, 6) is 1.97. The van der Waals surface area contributed by atoms with Crippen molar-refractivity contribution in [3.8, 4) is 0 Å². The highest BCUT2D eigenvalue weighted by atomic mass is 32.1. The van der Waals surface area contributed by atoms with Gasteiger partial charge in [-0.15, -0.1) is 21.5 Å². The van der Waals surface area contributed by atoms with Crippen molar-refractivity contribution in [2.75, 3.05) is 37.8 Å². The third-order valence-electron chi connectivity index (χ3n) is 5.62. The summed E-state index contributed by atoms with van der Waals surface area (Å²) in [4.78, 5) is 6.66. The predicted molar refractivity (Wildman–Crippen MR) is 111 cm³/mol. The van der Waals surface area contributed by atoms with Gasteiger partial charge >= 0.3 is 0 Å². The Labute approximate surface area is 178 Å². The average Bonchev–Trinajstić information content (AvgIpc) is 3.53. The van der Waals surface area contributed by atoms with Crippen molar-refractivity contribution in [3.63, 3.8) is 0 Å². The molecular formula is C21H24FN5O2S. The SMILES string of the molecule is Fc1ccc(Cc2nnc(N3CCOC(c4nccs4)C3)n2CC2CCOC2)cc1. The number of rotatable bonds is 6. The molecule has 2 aromatic heterocycles. The number of ether oxygens (including phenoxy) is 2. The first-order valence-electron chi connectivity index (χ1n) is 10.3. The summed E-state index contributed by atoms with van der Waals surface area (Å²) in [7, 11) is 0. The topological polar surface area (TPSA) is 65.3 Å². The van der Waals surface area contributed by atoms with E-state index < -0.39 is 0 Å². The minimum absolute atomic E-state index is 0.0562. The second-order valence-corrected chi connectivity index (χ2v) is 8.66. The van der Waals surface area contributed by atoms with Gasteiger partial charge in [0.1, 0.15) is 22.8 Å². The quantitative estimate of drug-likeness (QED) is 0.600. The van der Waals surface area contributed by atoms with Crippen molar-refractivity contribution >= 4 is 17.3 Å². The third kappa shape index (κ3) is 4.23. The van der Waals surface area contributed by atoms with Crippen LogP contribution >= 0.6 is 11.3 Å². The summed E-state index contributed by atoms with van der Waals surface area (Å²) in [6.07, 6.45) is 3.41. The lowest BCUT2D eigenvalue weighted by molar-refractivity contribution is 0.0387. The highest BCUT2D eigenvalue weighted by Gasteiger charge is 2.29. The molecule has 7 nitrogen and oxygen atoms in total. The summed E-state index contributed by atoms with van der Waals surface area (Å²) in [6, 6.07) is 6.59. The summed E-state index contributed by atoms with van der Waals surface area (Å²) in [6.45, 7) is 4.47. The molecule has 3 aromatic rings. The Balaban J connectivity index is 1.41. The van der Waals surface area contributed by atoms with E-state index in [4.69, 9.17) is 9.47 Å². The Kier molecular flexibility index (Phi) is 5.74. The number of benzene rings is 1. The van der Waals surface area contributed by atoms with Crippen LogP contribution in [0.3, 0.4) is 0 Å². The summed E-state index contributed by atoms with van der Waals surface area (Å²) in [5.41, 5.74) is 1.02. The molecule has 9 heteroatoms. The van der Waals surface area contributed by atoms with Crippen LogP contribution in [0, 0.1) is 11.7 Å². The van der Waals surface area contributed by atoms with Gasteiger partial charge in [-0.1, -0.05) is 12.1 Å². The molecule has 0 amide bonds. The Hall–Kier alpha value is -2.36. The number of morpholine rings is 1. The normalized spacial score (nSPS) is 22.0. The molecule has 30 heavy (non-hydrogen) atoms. The van der Waals surface area contributed by atoms with E-state index in [0.717, 1.165) is 55.1 Å². The predicted octanol–water partition coefficient (Wildman–Crippen LogP) is 3.08. The summed E-state index contributed by atoms with van der Waals surface area (Å²) in [5, 5.41) is 12.0. The first-order chi connectivity index (χ1) is 14.8. The van der Waals surface area contributed by atoms with Gasteiger partial charge < -0.3 is 14.4 Å². The van der Waals surface area contributed by atoms with Crippen LogP contribution in [0.5, 0.6) is 0 Å². The van der Waals surface area contributed by atoms with E-state index in [1.807, 2.05) is 11.6 Å². The Morgan fingerprint density at radius 3 is 2.83 bits per heavy atom. The zero-order chi connectivity index (χ0) is 20.3. The van der Waals surface area contributed by atoms with Crippen LogP contribution in [-0.2, 0) is 22.4 Å². The van der Waals surface area contributed by atoms with E-state index in [0.29, 0.717) is 25.5 Å². The molecule has 0 radical (unpaired) electrons. The van der Waals surface area contributed by atoms with Gasteiger partial charge in [0.15, 0.2) is 0 Å². The van der Waals surface area contributed by atoms with Gasteiger partial charge in [0.05, 0.1) is 19.8 Å². The lowest BCUT2D eigenvalue weighted by Crippen LogP contribution is -2.40. The third-order valence-corrected chi connectivity index (χ3v) is 6.49. The number of nitrogens with zero attached hydrogens (tertiary/aromatic N) is 5. The fraction of sp³-hybridized carbons (Fsp3) is 0.476. The highest BCUT2D eigenvalue weighted by molar-refractivity contribution is 7.09. The van der Waals surface area contributed by atoms with Crippen LogP contribution in [0.15, 0.2) is 35.8 Å². The van der Waals surface area contributed by atoms with Crippen molar-refractivity contribution in [3.05, 3.63) is 58.1 Å². The summed E-state index contributed by atoms with van der Waals surface area (Å²) >= 11 is 1.61. The zero-order valence-electron chi connectivity index (χ0n) is 16.6. The van der Waals surface area contributed by atoms with E-state index in [2.05, 4.69) is 24.6 Å². The lowest BCUT2D eigenvalue weighted by Gasteiger charge is -2.33. The van der Waals surface area contributed by atoms with Crippen molar-refractivity contribution in [2.45, 2.75) is 25.5 Å². The molecule has 2 saturated heterocycles. The molecule has 0 N–H and O–H groups in total. The van der Waals surface area contributed by atoms with Crippen LogP contribution in [0.2, 0.25) is 0 Å². The minimum atomic E-state index is -0.231. The molecule has 158 valence electrons. The second kappa shape index (κ2) is 8.79. The number of hydrogen-bond donors (Lipinski definition) is 0. The Bertz CT molecular complexity index is 956. The number of thiazole rings is 1. The molecule has 0 aliphatic carbocycles. The van der Waals surface area contributed by atoms with Crippen LogP contribution in [0.1, 0.15) is 28.9 Å². The monoisotopic (exact) mass is 429 g/mol. The molecule has 2 atom stereocenters. The van der Waals surface area contributed by atoms with Gasteiger partial charge in [-0.25, -0.2) is 9.37 Å². The molecule has 2 aliphatic rings. The van der Waals surface area contributed by atoms with Crippen molar-refractivity contribution in [1.82, 2.24) is 19.7 Å². The maximum absolute atomic E-state index is 13.3. The van der Waals surface area contributed by atoms with Crippen LogP contribution in [0.25, 0.3) is 0 Å². The van der Waals surface area contributed by atoms with Gasteiger partial charge in [0.25, 0.3) is 0 Å². The first-order valence-corrected chi connectivity index (χ1v) is 11.1. The van der Waals surface area contributed by atoms with Crippen molar-refractivity contribution in [2.24, 2.45) is 5.92 Å². The number of hydrogen-bond acceptors (Lipinski definition) is 7. The lowest BCUT2D eigenvalue weighted by atomic mass is 10.1. The molecular weight excluding hydrogens is 405 g/mol. The standard InChI is InChI=1S/C21H24FN5O2S/c22-17-3-1-15(2-4-17)11-19-24-25-21(27(19)12-16-5-8-28-14-16)26-7-9-29-18(13-26)20-23-6-10-30-20/h1-4,6,10,16,18H,5,7-9,11-14H2. The fourth-order valence-corrected chi connectivity index (χ4v) is 4.70. The molecule has 0 bridgehead atoms. The molecule has 0 spiro atoms. The summed E-state index contributed by atoms with van der Waals surface area (Å²) < 4.78 is 27.1. The van der Waals surface area contributed by atoms with Gasteiger partial charge in [0.2, 0.25) is 5.95 Å². The van der Waals surface area contributed by atoms with Crippen molar-refractivity contribution in [1.29, 1.82) is 0 Å². The van der Waals surface area contributed by atoms with Crippen molar-refractivity contribution < 1.29 is 13.9 Å². The first kappa shape index (κ1) is 19.6. The Morgan fingerprint density at radius 1 is 1.17 bits per heavy atom. The molecule has 4 heterocycles. The number of halogens is 1. The Morgan fingerprint density at radius 2 is 2.07 bits per heavy atom. The van der Waals surface area contributed by atoms with E-state index in [1.165, 1.54) is 12.1 Å². The molecule has 0 saturated carbocycles. The molecule has 2 fully saturated rings. The fourth-order valence-electron chi connectivity index (χ4n) is 4.02. The molecule has 5 rings (SSSR count). The maximum Gasteiger partial charge on any atom is 0.227 e. The van der Waals surface area contributed by atoms with E-state index in [1.54, 1.807) is 23.5 Å². The largest absolute Gasteiger partial charge is 0.381 e. The minimum Gasteiger partial charge on any atom is -0.381 e. The zero-order valence-corrected chi connectivity index (χ0v) is 17.4. The van der Waals surface area contributed by atoms with E-state index >= 15 is 0 Å². The molecule has 1 aromatic carbocycles. The maximum atomic E-state index is 13.3. The highest BCUT2D eigenvalue weighted by Crippen LogP contribution is 2.28. The van der Waals surface area contributed by atoms with Gasteiger partial charge in [0, 0.05) is 43.6 Å². The van der Waals surface area contributed by atoms with E-state index in [-0.39, 0.29) is 11.9 Å². The average molecular weight is 430 g/mol. The number of aromatic nitrogens is 4. The van der Waals surface area contributed by atoms with Crippen LogP contribution in [-0.4, -0.2) is 52.7 Å². The number of anilines is 1.